The highest BCUT2D eigenvalue weighted by atomic mass is 32.1. The number of aliphatic hydroxyl groups excluding tert-OH is 1. The van der Waals surface area contributed by atoms with Crippen LogP contribution in [0.15, 0.2) is 42.7 Å². The van der Waals surface area contributed by atoms with Crippen LogP contribution >= 0.6 is 11.3 Å². The number of thiazole rings is 1. The zero-order valence-corrected chi connectivity index (χ0v) is 15.0. The lowest BCUT2D eigenvalue weighted by molar-refractivity contribution is -0.137. The third kappa shape index (κ3) is 3.81. The van der Waals surface area contributed by atoms with Crippen molar-refractivity contribution in [1.29, 1.82) is 0 Å². The smallest absolute Gasteiger partial charge is 0.223 e. The maximum Gasteiger partial charge on any atom is 0.223 e. The maximum absolute atomic E-state index is 11.9. The lowest BCUT2D eigenvalue weighted by atomic mass is 10.1. The molecule has 8 heteroatoms. The van der Waals surface area contributed by atoms with Gasteiger partial charge in [0.1, 0.15) is 10.7 Å². The van der Waals surface area contributed by atoms with Crippen LogP contribution in [0.5, 0.6) is 0 Å². The molecule has 1 unspecified atom stereocenters. The predicted molar refractivity (Wildman–Crippen MR) is 97.3 cm³/mol. The lowest BCUT2D eigenvalue weighted by Gasteiger charge is -2.29. The van der Waals surface area contributed by atoms with Crippen LogP contribution in [0.2, 0.25) is 0 Å². The molecular formula is C18H19N5O2S. The van der Waals surface area contributed by atoms with Gasteiger partial charge in [-0.25, -0.2) is 9.67 Å². The number of β-amino-alcohol motifs (C(OH)–C–C–N with tert-alkyl or cyclic N) is 1. The van der Waals surface area contributed by atoms with E-state index in [9.17, 15) is 9.90 Å². The van der Waals surface area contributed by atoms with Crippen LogP contribution in [0.1, 0.15) is 23.4 Å². The van der Waals surface area contributed by atoms with Crippen LogP contribution in [-0.2, 0) is 17.9 Å². The molecule has 1 amide bonds. The van der Waals surface area contributed by atoms with Gasteiger partial charge in [-0.1, -0.05) is 35.5 Å². The molecule has 3 heterocycles. The number of benzene rings is 1. The zero-order chi connectivity index (χ0) is 17.9. The molecule has 0 bridgehead atoms. The summed E-state index contributed by atoms with van der Waals surface area (Å²) >= 11 is 1.63. The number of aromatic nitrogens is 4. The van der Waals surface area contributed by atoms with Gasteiger partial charge in [-0.2, -0.15) is 0 Å². The van der Waals surface area contributed by atoms with Gasteiger partial charge in [0.05, 0.1) is 25.4 Å². The van der Waals surface area contributed by atoms with Gasteiger partial charge < -0.3 is 10.0 Å². The van der Waals surface area contributed by atoms with E-state index >= 15 is 0 Å². The predicted octanol–water partition coefficient (Wildman–Crippen LogP) is 1.93. The lowest BCUT2D eigenvalue weighted by Crippen LogP contribution is -2.41. The van der Waals surface area contributed by atoms with Crippen LogP contribution in [0, 0.1) is 0 Å². The molecule has 1 aliphatic heterocycles. The van der Waals surface area contributed by atoms with Crippen LogP contribution in [0.25, 0.3) is 10.6 Å². The minimum atomic E-state index is -0.448. The highest BCUT2D eigenvalue weighted by molar-refractivity contribution is 7.15. The summed E-state index contributed by atoms with van der Waals surface area (Å²) in [5, 5.41) is 19.0. The number of carbonyl (C=O) groups is 1. The minimum Gasteiger partial charge on any atom is -0.391 e. The highest BCUT2D eigenvalue weighted by Crippen LogP contribution is 2.25. The Hall–Kier alpha value is -2.58. The molecule has 1 saturated heterocycles. The van der Waals surface area contributed by atoms with Crippen LogP contribution < -0.4 is 0 Å². The van der Waals surface area contributed by atoms with Crippen molar-refractivity contribution < 1.29 is 9.90 Å². The average Bonchev–Trinajstić information content (AvgIpc) is 3.29. The van der Waals surface area contributed by atoms with Crippen molar-refractivity contribution in [1.82, 2.24) is 24.9 Å². The largest absolute Gasteiger partial charge is 0.391 e. The number of likely N-dealkylation sites (tertiary alicyclic amines) is 1. The number of nitrogens with zero attached hydrogens (tertiary/aromatic N) is 5. The molecule has 4 rings (SSSR count). The van der Waals surface area contributed by atoms with Gasteiger partial charge in [0.15, 0.2) is 0 Å². The molecule has 0 radical (unpaired) electrons. The Kier molecular flexibility index (Phi) is 4.77. The summed E-state index contributed by atoms with van der Waals surface area (Å²) in [4.78, 5) is 19.1. The quantitative estimate of drug-likeness (QED) is 0.743. The molecule has 1 N–H and O–H groups in total. The molecule has 7 nitrogen and oxygen atoms in total. The van der Waals surface area contributed by atoms with Crippen molar-refractivity contribution in [2.75, 3.05) is 6.54 Å². The third-order valence-corrected chi connectivity index (χ3v) is 5.34. The van der Waals surface area contributed by atoms with Crippen LogP contribution in [0.4, 0.5) is 0 Å². The summed E-state index contributed by atoms with van der Waals surface area (Å²) in [6.07, 6.45) is 4.18. The summed E-state index contributed by atoms with van der Waals surface area (Å²) in [5.41, 5.74) is 1.82. The molecule has 134 valence electrons. The average molecular weight is 369 g/mol. The Bertz CT molecular complexity index is 892. The van der Waals surface area contributed by atoms with Gasteiger partial charge in [-0.15, -0.1) is 16.4 Å². The van der Waals surface area contributed by atoms with E-state index < -0.39 is 6.10 Å². The standard InChI is InChI=1S/C18H19N5O2S/c24-15-6-7-17(25)22(11-15)9-14-10-23(21-20-14)12-16-8-19-18(26-16)13-4-2-1-3-5-13/h1-5,8,10,15,24H,6-7,9,11-12H2. The third-order valence-electron chi connectivity index (χ3n) is 4.31. The first kappa shape index (κ1) is 16.9. The van der Waals surface area contributed by atoms with Crippen molar-refractivity contribution in [2.24, 2.45) is 0 Å². The highest BCUT2D eigenvalue weighted by Gasteiger charge is 2.24. The van der Waals surface area contributed by atoms with Gasteiger partial charge in [0, 0.05) is 29.6 Å². The van der Waals surface area contributed by atoms with E-state index in [-0.39, 0.29) is 5.91 Å². The Morgan fingerprint density at radius 2 is 2.08 bits per heavy atom. The summed E-state index contributed by atoms with van der Waals surface area (Å²) < 4.78 is 1.75. The van der Waals surface area contributed by atoms with Crippen molar-refractivity contribution in [3.8, 4) is 10.6 Å². The molecule has 1 aliphatic rings. The first-order chi connectivity index (χ1) is 12.7. The number of aliphatic hydroxyl groups is 1. The molecular weight excluding hydrogens is 350 g/mol. The van der Waals surface area contributed by atoms with E-state index in [2.05, 4.69) is 15.3 Å². The zero-order valence-electron chi connectivity index (χ0n) is 14.2. The number of carbonyl (C=O) groups excluding carboxylic acids is 1. The Morgan fingerprint density at radius 3 is 2.92 bits per heavy atom. The number of hydrogen-bond acceptors (Lipinski definition) is 6. The van der Waals surface area contributed by atoms with E-state index in [0.717, 1.165) is 21.1 Å². The van der Waals surface area contributed by atoms with E-state index in [0.29, 0.717) is 32.5 Å². The Labute approximate surface area is 154 Å². The monoisotopic (exact) mass is 369 g/mol. The summed E-state index contributed by atoms with van der Waals surface area (Å²) in [5.74, 6) is 0.0554. The summed E-state index contributed by atoms with van der Waals surface area (Å²) in [6, 6.07) is 10.1. The molecule has 2 aromatic heterocycles. The molecule has 0 aliphatic carbocycles. The minimum absolute atomic E-state index is 0.0554. The van der Waals surface area contributed by atoms with Gasteiger partial charge in [-0.05, 0) is 6.42 Å². The normalized spacial score (nSPS) is 17.7. The van der Waals surface area contributed by atoms with Crippen LogP contribution in [-0.4, -0.2) is 48.5 Å². The van der Waals surface area contributed by atoms with Gasteiger partial charge in [-0.3, -0.25) is 4.79 Å². The van der Waals surface area contributed by atoms with Gasteiger partial charge >= 0.3 is 0 Å². The van der Waals surface area contributed by atoms with Crippen molar-refractivity contribution in [3.05, 3.63) is 53.3 Å². The first-order valence-electron chi connectivity index (χ1n) is 8.52. The maximum atomic E-state index is 11.9. The SMILES string of the molecule is O=C1CCC(O)CN1Cc1cn(Cc2cnc(-c3ccccc3)s2)nn1. The molecule has 0 spiro atoms. The first-order valence-corrected chi connectivity index (χ1v) is 9.34. The molecule has 26 heavy (non-hydrogen) atoms. The molecule has 1 atom stereocenters. The second kappa shape index (κ2) is 7.35. The number of amides is 1. The van der Waals surface area contributed by atoms with Crippen molar-refractivity contribution in [3.63, 3.8) is 0 Å². The van der Waals surface area contributed by atoms with Crippen molar-refractivity contribution >= 4 is 17.2 Å². The fourth-order valence-electron chi connectivity index (χ4n) is 2.99. The molecule has 0 saturated carbocycles. The van der Waals surface area contributed by atoms with E-state index in [4.69, 9.17) is 0 Å². The van der Waals surface area contributed by atoms with E-state index in [1.54, 1.807) is 20.9 Å². The molecule has 1 aromatic carbocycles. The summed E-state index contributed by atoms with van der Waals surface area (Å²) in [7, 11) is 0. The summed E-state index contributed by atoms with van der Waals surface area (Å²) in [6.45, 7) is 1.34. The Balaban J connectivity index is 1.41. The topological polar surface area (TPSA) is 84.1 Å². The fraction of sp³-hybridized carbons (Fsp3) is 0.333. The number of piperidine rings is 1. The number of hydrogen-bond donors (Lipinski definition) is 1. The van der Waals surface area contributed by atoms with E-state index in [1.807, 2.05) is 42.7 Å². The fourth-order valence-corrected chi connectivity index (χ4v) is 3.90. The van der Waals surface area contributed by atoms with E-state index in [1.165, 1.54) is 0 Å². The molecule has 3 aromatic rings. The number of rotatable bonds is 5. The molecule has 1 fully saturated rings. The van der Waals surface area contributed by atoms with Crippen molar-refractivity contribution in [2.45, 2.75) is 32.0 Å². The van der Waals surface area contributed by atoms with Gasteiger partial charge in [0.2, 0.25) is 5.91 Å². The van der Waals surface area contributed by atoms with Gasteiger partial charge in [0.25, 0.3) is 0 Å². The Morgan fingerprint density at radius 1 is 1.23 bits per heavy atom. The van der Waals surface area contributed by atoms with Crippen LogP contribution in [0.3, 0.4) is 0 Å². The second-order valence-corrected chi connectivity index (χ2v) is 7.49. The second-order valence-electron chi connectivity index (χ2n) is 6.37.